The third kappa shape index (κ3) is 2.87. The molecule has 0 aliphatic rings. The van der Waals surface area contributed by atoms with Gasteiger partial charge in [-0.15, -0.1) is 0 Å². The summed E-state index contributed by atoms with van der Waals surface area (Å²) < 4.78 is 0. The number of hydrogen-bond acceptors (Lipinski definition) is 5. The molecule has 5 nitrogen and oxygen atoms in total. The Morgan fingerprint density at radius 3 is 2.78 bits per heavy atom. The van der Waals surface area contributed by atoms with Gasteiger partial charge < -0.3 is 15.7 Å². The SMILES string of the molecule is CCNc1nc(NCCCO)c2ccccc2n1. The highest BCUT2D eigenvalue weighted by Crippen LogP contribution is 2.21. The van der Waals surface area contributed by atoms with E-state index in [2.05, 4.69) is 20.6 Å². The molecule has 0 radical (unpaired) electrons. The molecule has 1 aromatic carbocycles. The van der Waals surface area contributed by atoms with Gasteiger partial charge in [0.25, 0.3) is 0 Å². The number of anilines is 2. The Morgan fingerprint density at radius 2 is 2.00 bits per heavy atom. The molecule has 0 unspecified atom stereocenters. The van der Waals surface area contributed by atoms with Gasteiger partial charge in [0, 0.05) is 25.1 Å². The van der Waals surface area contributed by atoms with Gasteiger partial charge in [0.1, 0.15) is 5.82 Å². The molecule has 2 rings (SSSR count). The Morgan fingerprint density at radius 1 is 1.17 bits per heavy atom. The topological polar surface area (TPSA) is 70.1 Å². The number of benzene rings is 1. The van der Waals surface area contributed by atoms with E-state index in [9.17, 15) is 0 Å². The number of rotatable bonds is 6. The minimum atomic E-state index is 0.177. The summed E-state index contributed by atoms with van der Waals surface area (Å²) in [7, 11) is 0. The quantitative estimate of drug-likeness (QED) is 0.679. The molecule has 3 N–H and O–H groups in total. The maximum absolute atomic E-state index is 8.81. The Balaban J connectivity index is 2.34. The standard InChI is InChI=1S/C13H18N4O/c1-2-14-13-16-11-7-4-3-6-10(11)12(17-13)15-8-5-9-18/h3-4,6-7,18H,2,5,8-9H2,1H3,(H2,14,15,16,17). The molecule has 0 aliphatic carbocycles. The lowest BCUT2D eigenvalue weighted by Crippen LogP contribution is -2.09. The van der Waals surface area contributed by atoms with Crippen LogP contribution in [0.25, 0.3) is 10.9 Å². The van der Waals surface area contributed by atoms with Crippen LogP contribution in [0.2, 0.25) is 0 Å². The molecule has 0 amide bonds. The first-order chi connectivity index (χ1) is 8.85. The van der Waals surface area contributed by atoms with Crippen molar-refractivity contribution in [2.24, 2.45) is 0 Å². The molecule has 1 heterocycles. The molecule has 0 aliphatic heterocycles. The summed E-state index contributed by atoms with van der Waals surface area (Å²) in [6, 6.07) is 7.89. The van der Waals surface area contributed by atoms with Gasteiger partial charge in [-0.2, -0.15) is 4.98 Å². The van der Waals surface area contributed by atoms with Crippen molar-refractivity contribution in [1.29, 1.82) is 0 Å². The molecule has 96 valence electrons. The molecular weight excluding hydrogens is 228 g/mol. The molecule has 0 saturated carbocycles. The number of fused-ring (bicyclic) bond motifs is 1. The maximum atomic E-state index is 8.81. The summed E-state index contributed by atoms with van der Waals surface area (Å²) in [6.45, 7) is 3.67. The van der Waals surface area contributed by atoms with E-state index in [1.807, 2.05) is 31.2 Å². The Bertz CT molecular complexity index is 515. The van der Waals surface area contributed by atoms with Crippen LogP contribution in [-0.4, -0.2) is 34.8 Å². The molecule has 5 heteroatoms. The fraction of sp³-hybridized carbons (Fsp3) is 0.385. The zero-order valence-electron chi connectivity index (χ0n) is 10.5. The number of hydrogen-bond donors (Lipinski definition) is 3. The minimum Gasteiger partial charge on any atom is -0.396 e. The van der Waals surface area contributed by atoms with Gasteiger partial charge in [-0.1, -0.05) is 12.1 Å². The molecule has 1 aromatic heterocycles. The van der Waals surface area contributed by atoms with Crippen LogP contribution in [0.3, 0.4) is 0 Å². The molecule has 18 heavy (non-hydrogen) atoms. The minimum absolute atomic E-state index is 0.177. The van der Waals surface area contributed by atoms with Crippen LogP contribution in [0.15, 0.2) is 24.3 Å². The number of para-hydroxylation sites is 1. The largest absolute Gasteiger partial charge is 0.396 e. The van der Waals surface area contributed by atoms with Gasteiger partial charge in [-0.25, -0.2) is 4.98 Å². The van der Waals surface area contributed by atoms with E-state index in [-0.39, 0.29) is 6.61 Å². The Labute approximate surface area is 106 Å². The van der Waals surface area contributed by atoms with E-state index in [1.165, 1.54) is 0 Å². The first-order valence-corrected chi connectivity index (χ1v) is 6.20. The number of aliphatic hydroxyl groups is 1. The summed E-state index contributed by atoms with van der Waals surface area (Å²) in [5, 5.41) is 16.2. The Kier molecular flexibility index (Phi) is 4.30. The monoisotopic (exact) mass is 246 g/mol. The van der Waals surface area contributed by atoms with Crippen molar-refractivity contribution < 1.29 is 5.11 Å². The molecular formula is C13H18N4O. The first-order valence-electron chi connectivity index (χ1n) is 6.20. The predicted octanol–water partition coefficient (Wildman–Crippen LogP) is 1.86. The second-order valence-corrected chi connectivity index (χ2v) is 3.95. The lowest BCUT2D eigenvalue weighted by atomic mass is 10.2. The van der Waals surface area contributed by atoms with Crippen LogP contribution in [0.4, 0.5) is 11.8 Å². The van der Waals surface area contributed by atoms with Crippen LogP contribution in [0, 0.1) is 0 Å². The van der Waals surface area contributed by atoms with Crippen molar-refractivity contribution >= 4 is 22.7 Å². The van der Waals surface area contributed by atoms with Crippen molar-refractivity contribution in [3.05, 3.63) is 24.3 Å². The number of nitrogens with zero attached hydrogens (tertiary/aromatic N) is 2. The number of nitrogens with one attached hydrogen (secondary N) is 2. The number of aromatic nitrogens is 2. The van der Waals surface area contributed by atoms with Crippen LogP contribution in [-0.2, 0) is 0 Å². The summed E-state index contributed by atoms with van der Waals surface area (Å²) in [5.74, 6) is 1.44. The highest BCUT2D eigenvalue weighted by molar-refractivity contribution is 5.89. The zero-order valence-corrected chi connectivity index (χ0v) is 10.5. The van der Waals surface area contributed by atoms with E-state index in [4.69, 9.17) is 5.11 Å². The van der Waals surface area contributed by atoms with Crippen molar-refractivity contribution in [1.82, 2.24) is 9.97 Å². The summed E-state index contributed by atoms with van der Waals surface area (Å²) >= 11 is 0. The molecule has 0 saturated heterocycles. The maximum Gasteiger partial charge on any atom is 0.225 e. The zero-order chi connectivity index (χ0) is 12.8. The average Bonchev–Trinajstić information content (AvgIpc) is 2.39. The van der Waals surface area contributed by atoms with Crippen molar-refractivity contribution in [3.63, 3.8) is 0 Å². The van der Waals surface area contributed by atoms with Crippen LogP contribution < -0.4 is 10.6 Å². The first kappa shape index (κ1) is 12.6. The van der Waals surface area contributed by atoms with Gasteiger partial charge in [0.15, 0.2) is 0 Å². The fourth-order valence-electron chi connectivity index (χ4n) is 1.73. The third-order valence-corrected chi connectivity index (χ3v) is 2.57. The third-order valence-electron chi connectivity index (χ3n) is 2.57. The van der Waals surface area contributed by atoms with Crippen LogP contribution in [0.5, 0.6) is 0 Å². The van der Waals surface area contributed by atoms with Crippen molar-refractivity contribution in [3.8, 4) is 0 Å². The normalized spacial score (nSPS) is 10.6. The highest BCUT2D eigenvalue weighted by Gasteiger charge is 2.06. The molecule has 2 aromatic rings. The lowest BCUT2D eigenvalue weighted by Gasteiger charge is -2.10. The number of aliphatic hydroxyl groups excluding tert-OH is 1. The smallest absolute Gasteiger partial charge is 0.225 e. The molecule has 0 spiro atoms. The molecule has 0 atom stereocenters. The lowest BCUT2D eigenvalue weighted by molar-refractivity contribution is 0.292. The summed E-state index contributed by atoms with van der Waals surface area (Å²) in [5.41, 5.74) is 0.912. The highest BCUT2D eigenvalue weighted by atomic mass is 16.3. The summed E-state index contributed by atoms with van der Waals surface area (Å²) in [4.78, 5) is 8.89. The van der Waals surface area contributed by atoms with Gasteiger partial charge in [-0.05, 0) is 25.5 Å². The van der Waals surface area contributed by atoms with Gasteiger partial charge in [-0.3, -0.25) is 0 Å². The molecule has 0 fully saturated rings. The second kappa shape index (κ2) is 6.16. The molecule has 0 bridgehead atoms. The van der Waals surface area contributed by atoms with E-state index >= 15 is 0 Å². The van der Waals surface area contributed by atoms with Crippen LogP contribution in [0.1, 0.15) is 13.3 Å². The Hall–Kier alpha value is -1.88. The van der Waals surface area contributed by atoms with E-state index in [1.54, 1.807) is 0 Å². The van der Waals surface area contributed by atoms with E-state index in [0.717, 1.165) is 23.3 Å². The van der Waals surface area contributed by atoms with E-state index < -0.39 is 0 Å². The van der Waals surface area contributed by atoms with Crippen molar-refractivity contribution in [2.45, 2.75) is 13.3 Å². The predicted molar refractivity (Wildman–Crippen MR) is 73.9 cm³/mol. The van der Waals surface area contributed by atoms with E-state index in [0.29, 0.717) is 18.9 Å². The van der Waals surface area contributed by atoms with Gasteiger partial charge in [0.05, 0.1) is 5.52 Å². The fourth-order valence-corrected chi connectivity index (χ4v) is 1.73. The van der Waals surface area contributed by atoms with Crippen molar-refractivity contribution in [2.75, 3.05) is 30.3 Å². The average molecular weight is 246 g/mol. The van der Waals surface area contributed by atoms with Crippen LogP contribution >= 0.6 is 0 Å². The second-order valence-electron chi connectivity index (χ2n) is 3.95. The summed E-state index contributed by atoms with van der Waals surface area (Å²) in [6.07, 6.45) is 0.703. The van der Waals surface area contributed by atoms with Gasteiger partial charge in [0.2, 0.25) is 5.95 Å². The van der Waals surface area contributed by atoms with Gasteiger partial charge >= 0.3 is 0 Å².